The number of hydroxylamine groups is 2. The van der Waals surface area contributed by atoms with Gasteiger partial charge in [-0.15, -0.1) is 0 Å². The van der Waals surface area contributed by atoms with Crippen LogP contribution < -0.4 is 9.47 Å². The third-order valence-corrected chi connectivity index (χ3v) is 4.75. The van der Waals surface area contributed by atoms with E-state index in [1.54, 1.807) is 23.3 Å². The number of esters is 2. The first-order valence-corrected chi connectivity index (χ1v) is 8.43. The molecule has 0 aliphatic carbocycles. The van der Waals surface area contributed by atoms with Crippen molar-refractivity contribution in [3.63, 3.8) is 0 Å². The summed E-state index contributed by atoms with van der Waals surface area (Å²) in [5.74, 6) is -0.595. The molecule has 2 aromatic rings. The lowest BCUT2D eigenvalue weighted by atomic mass is 9.92. The molecule has 0 N–H and O–H groups in total. The maximum absolute atomic E-state index is 13.2. The number of benzene rings is 2. The molecule has 4 rings (SSSR count). The van der Waals surface area contributed by atoms with E-state index in [2.05, 4.69) is 0 Å². The highest BCUT2D eigenvalue weighted by molar-refractivity contribution is 6.05. The Morgan fingerprint density at radius 1 is 0.889 bits per heavy atom. The highest BCUT2D eigenvalue weighted by atomic mass is 16.7. The van der Waals surface area contributed by atoms with E-state index in [1.807, 2.05) is 12.1 Å². The second-order valence-electron chi connectivity index (χ2n) is 6.38. The SMILES string of the molecule is CON1[C@@H]2c3ccccc3C(=O)[C@H]1c1c(OC(C)=O)ccc(OC(C)=O)c12. The van der Waals surface area contributed by atoms with Gasteiger partial charge in [0.25, 0.3) is 0 Å². The molecule has 2 atom stereocenters. The number of ketones is 1. The Balaban J connectivity index is 2.03. The quantitative estimate of drug-likeness (QED) is 0.609. The number of hydrogen-bond donors (Lipinski definition) is 0. The summed E-state index contributed by atoms with van der Waals surface area (Å²) >= 11 is 0. The second kappa shape index (κ2) is 6.29. The molecule has 2 aliphatic heterocycles. The largest absolute Gasteiger partial charge is 0.426 e. The van der Waals surface area contributed by atoms with E-state index in [1.165, 1.54) is 27.0 Å². The fourth-order valence-electron chi connectivity index (χ4n) is 3.91. The van der Waals surface area contributed by atoms with Gasteiger partial charge in [-0.3, -0.25) is 14.4 Å². The minimum absolute atomic E-state index is 0.171. The maximum atomic E-state index is 13.2. The van der Waals surface area contributed by atoms with Gasteiger partial charge < -0.3 is 14.3 Å². The fourth-order valence-corrected chi connectivity index (χ4v) is 3.91. The van der Waals surface area contributed by atoms with Crippen molar-refractivity contribution >= 4 is 17.7 Å². The molecule has 0 fully saturated rings. The van der Waals surface area contributed by atoms with Gasteiger partial charge in [-0.1, -0.05) is 24.3 Å². The van der Waals surface area contributed by atoms with Crippen LogP contribution in [0.2, 0.25) is 0 Å². The molecule has 27 heavy (non-hydrogen) atoms. The van der Waals surface area contributed by atoms with Crippen LogP contribution in [0.4, 0.5) is 0 Å². The molecule has 138 valence electrons. The Morgan fingerprint density at radius 2 is 1.44 bits per heavy atom. The molecule has 0 saturated carbocycles. The van der Waals surface area contributed by atoms with Crippen LogP contribution in [0.5, 0.6) is 11.5 Å². The van der Waals surface area contributed by atoms with E-state index in [0.29, 0.717) is 22.4 Å². The minimum Gasteiger partial charge on any atom is -0.426 e. The molecular formula is C20H17NO6. The Morgan fingerprint density at radius 3 is 2.00 bits per heavy atom. The van der Waals surface area contributed by atoms with Crippen molar-refractivity contribution in [2.75, 3.05) is 7.11 Å². The predicted octanol–water partition coefficient (Wildman–Crippen LogP) is 2.74. The predicted molar refractivity (Wildman–Crippen MR) is 93.3 cm³/mol. The van der Waals surface area contributed by atoms with Gasteiger partial charge in [0, 0.05) is 30.5 Å². The zero-order valence-electron chi connectivity index (χ0n) is 15.0. The molecule has 0 unspecified atom stereocenters. The summed E-state index contributed by atoms with van der Waals surface area (Å²) in [4.78, 5) is 41.9. The van der Waals surface area contributed by atoms with Crippen molar-refractivity contribution in [1.82, 2.24) is 5.06 Å². The summed E-state index contributed by atoms with van der Waals surface area (Å²) in [5.41, 5.74) is 2.39. The van der Waals surface area contributed by atoms with Gasteiger partial charge in [0.1, 0.15) is 17.5 Å². The van der Waals surface area contributed by atoms with E-state index >= 15 is 0 Å². The van der Waals surface area contributed by atoms with Crippen molar-refractivity contribution in [3.05, 3.63) is 58.7 Å². The number of nitrogens with zero attached hydrogens (tertiary/aromatic N) is 1. The summed E-state index contributed by atoms with van der Waals surface area (Å²) in [5, 5.41) is 1.55. The van der Waals surface area contributed by atoms with Crippen LogP contribution >= 0.6 is 0 Å². The summed E-state index contributed by atoms with van der Waals surface area (Å²) in [6, 6.07) is 9.07. The van der Waals surface area contributed by atoms with Crippen molar-refractivity contribution in [2.45, 2.75) is 25.9 Å². The Hall–Kier alpha value is -3.03. The third kappa shape index (κ3) is 2.55. The van der Waals surface area contributed by atoms with Crippen LogP contribution in [0, 0.1) is 0 Å². The van der Waals surface area contributed by atoms with Crippen LogP contribution in [0.25, 0.3) is 0 Å². The van der Waals surface area contributed by atoms with E-state index in [9.17, 15) is 14.4 Å². The van der Waals surface area contributed by atoms with Crippen molar-refractivity contribution in [1.29, 1.82) is 0 Å². The van der Waals surface area contributed by atoms with Gasteiger partial charge in [0.05, 0.1) is 13.2 Å². The molecule has 2 aliphatic rings. The molecule has 0 saturated heterocycles. The molecule has 0 aromatic heterocycles. The van der Waals surface area contributed by atoms with Crippen molar-refractivity contribution < 1.29 is 28.7 Å². The highest BCUT2D eigenvalue weighted by Crippen LogP contribution is 2.57. The number of Topliss-reactive ketones (excluding diaryl/α,β-unsaturated/α-hetero) is 1. The van der Waals surface area contributed by atoms with E-state index in [-0.39, 0.29) is 11.5 Å². The molecule has 2 aromatic carbocycles. The number of carbonyl (C=O) groups excluding carboxylic acids is 3. The number of carbonyl (C=O) groups is 3. The van der Waals surface area contributed by atoms with Crippen molar-refractivity contribution in [3.8, 4) is 11.5 Å². The first-order chi connectivity index (χ1) is 12.9. The van der Waals surface area contributed by atoms with E-state index in [0.717, 1.165) is 5.56 Å². The average molecular weight is 367 g/mol. The van der Waals surface area contributed by atoms with Crippen LogP contribution in [0.1, 0.15) is 53.0 Å². The lowest BCUT2D eigenvalue weighted by molar-refractivity contribution is -0.167. The van der Waals surface area contributed by atoms with Gasteiger partial charge in [0.15, 0.2) is 5.78 Å². The van der Waals surface area contributed by atoms with Crippen LogP contribution in [0.3, 0.4) is 0 Å². The summed E-state index contributed by atoms with van der Waals surface area (Å²) in [7, 11) is 1.48. The molecule has 0 spiro atoms. The molecule has 0 radical (unpaired) electrons. The summed E-state index contributed by atoms with van der Waals surface area (Å²) in [6.07, 6.45) is 0. The lowest BCUT2D eigenvalue weighted by Gasteiger charge is -2.33. The third-order valence-electron chi connectivity index (χ3n) is 4.75. The van der Waals surface area contributed by atoms with Gasteiger partial charge in [-0.25, -0.2) is 0 Å². The lowest BCUT2D eigenvalue weighted by Crippen LogP contribution is -2.36. The average Bonchev–Trinajstić information content (AvgIpc) is 2.92. The first kappa shape index (κ1) is 17.4. The van der Waals surface area contributed by atoms with Crippen LogP contribution in [-0.4, -0.2) is 29.9 Å². The Kier molecular flexibility index (Phi) is 4.05. The Labute approximate surface area is 155 Å². The highest BCUT2D eigenvalue weighted by Gasteiger charge is 2.52. The van der Waals surface area contributed by atoms with Crippen LogP contribution in [0.15, 0.2) is 36.4 Å². The van der Waals surface area contributed by atoms with Gasteiger partial charge in [-0.2, -0.15) is 5.06 Å². The number of rotatable bonds is 3. The monoisotopic (exact) mass is 367 g/mol. The zero-order valence-corrected chi connectivity index (χ0v) is 15.0. The first-order valence-electron chi connectivity index (χ1n) is 8.43. The van der Waals surface area contributed by atoms with E-state index < -0.39 is 24.0 Å². The minimum atomic E-state index is -0.797. The van der Waals surface area contributed by atoms with Crippen LogP contribution in [-0.2, 0) is 14.4 Å². The van der Waals surface area contributed by atoms with Gasteiger partial charge in [0.2, 0.25) is 0 Å². The molecule has 7 heteroatoms. The summed E-state index contributed by atoms with van der Waals surface area (Å²) in [6.45, 7) is 2.60. The summed E-state index contributed by atoms with van der Waals surface area (Å²) < 4.78 is 10.7. The van der Waals surface area contributed by atoms with Crippen molar-refractivity contribution in [2.24, 2.45) is 0 Å². The smallest absolute Gasteiger partial charge is 0.308 e. The maximum Gasteiger partial charge on any atom is 0.308 e. The molecule has 0 amide bonds. The Bertz CT molecular complexity index is 982. The fraction of sp³-hybridized carbons (Fsp3) is 0.250. The zero-order chi connectivity index (χ0) is 19.3. The molecule has 7 nitrogen and oxygen atoms in total. The normalized spacial score (nSPS) is 20.0. The standard InChI is InChI=1S/C20H17NO6/c1-10(22)26-14-8-9-15(27-11(2)23)17-16(14)18-12-6-4-5-7-13(12)20(24)19(17)21(18)25-3/h4-9,18-19H,1-3H3/t18-,19-/m1/s1. The van der Waals surface area contributed by atoms with Gasteiger partial charge >= 0.3 is 11.9 Å². The topological polar surface area (TPSA) is 82.1 Å². The van der Waals surface area contributed by atoms with Gasteiger partial charge in [-0.05, 0) is 17.7 Å². The molecule has 2 bridgehead atoms. The molecule has 2 heterocycles. The molecular weight excluding hydrogens is 350 g/mol. The number of hydrogen-bond acceptors (Lipinski definition) is 7. The number of fused-ring (bicyclic) bond motifs is 7. The van der Waals surface area contributed by atoms with E-state index in [4.69, 9.17) is 14.3 Å². The number of ether oxygens (including phenoxy) is 2. The second-order valence-corrected chi connectivity index (χ2v) is 6.38.